The summed E-state index contributed by atoms with van der Waals surface area (Å²) in [7, 11) is -4.33. The Labute approximate surface area is 93.6 Å². The summed E-state index contributed by atoms with van der Waals surface area (Å²) in [6, 6.07) is 0. The second kappa shape index (κ2) is 7.32. The molecule has 0 heterocycles. The van der Waals surface area contributed by atoms with Gasteiger partial charge in [0.25, 0.3) is 0 Å². The van der Waals surface area contributed by atoms with Gasteiger partial charge in [-0.05, 0) is 6.54 Å². The Morgan fingerprint density at radius 1 is 1.47 bits per heavy atom. The molecule has 0 amide bonds. The molecule has 15 heavy (non-hydrogen) atoms. The van der Waals surface area contributed by atoms with Crippen LogP contribution in [0.1, 0.15) is 6.92 Å². The Morgan fingerprint density at radius 2 is 2.07 bits per heavy atom. The summed E-state index contributed by atoms with van der Waals surface area (Å²) in [6.07, 6.45) is 0.435. The van der Waals surface area contributed by atoms with Crippen LogP contribution in [0.2, 0.25) is 0 Å². The minimum atomic E-state index is -3.06. The third-order valence-corrected chi connectivity index (χ3v) is 4.31. The van der Waals surface area contributed by atoms with E-state index in [4.69, 9.17) is 0 Å². The monoisotopic (exact) mass is 257 g/mol. The van der Waals surface area contributed by atoms with Crippen molar-refractivity contribution >= 4 is 20.6 Å². The van der Waals surface area contributed by atoms with Crippen LogP contribution in [0.5, 0.6) is 0 Å². The Hall–Kier alpha value is 0.0200. The van der Waals surface area contributed by atoms with Gasteiger partial charge < -0.3 is 10.4 Å². The fraction of sp³-hybridized carbons (Fsp3) is 1.00. The predicted octanol–water partition coefficient (Wildman–Crippen LogP) is -1.25. The molecular formula is C8H19NO4S2. The van der Waals surface area contributed by atoms with E-state index in [1.807, 2.05) is 6.92 Å². The van der Waals surface area contributed by atoms with Crippen molar-refractivity contribution in [1.82, 2.24) is 5.32 Å². The molecule has 0 aromatic rings. The Balaban J connectivity index is 3.74. The van der Waals surface area contributed by atoms with Crippen molar-refractivity contribution in [3.05, 3.63) is 0 Å². The molecule has 2 atom stereocenters. The molecular weight excluding hydrogens is 238 g/mol. The number of nitrogens with one attached hydrogen (secondary N) is 1. The van der Waals surface area contributed by atoms with E-state index in [0.29, 0.717) is 6.54 Å². The van der Waals surface area contributed by atoms with Crippen LogP contribution in [0.25, 0.3) is 0 Å². The quantitative estimate of drug-likeness (QED) is 0.568. The first-order valence-corrected chi connectivity index (χ1v) is 8.31. The van der Waals surface area contributed by atoms with Gasteiger partial charge in [0.15, 0.2) is 0 Å². The van der Waals surface area contributed by atoms with Gasteiger partial charge >= 0.3 is 0 Å². The number of rotatable bonds is 8. The highest BCUT2D eigenvalue weighted by Crippen LogP contribution is 1.92. The van der Waals surface area contributed by atoms with Gasteiger partial charge in [-0.15, -0.1) is 0 Å². The van der Waals surface area contributed by atoms with E-state index in [-0.39, 0.29) is 17.3 Å². The van der Waals surface area contributed by atoms with E-state index < -0.39 is 26.7 Å². The van der Waals surface area contributed by atoms with E-state index in [0.717, 1.165) is 12.8 Å². The van der Waals surface area contributed by atoms with Gasteiger partial charge in [0.2, 0.25) is 0 Å². The molecule has 5 nitrogen and oxygen atoms in total. The molecule has 0 aromatic heterocycles. The molecule has 0 radical (unpaired) electrons. The van der Waals surface area contributed by atoms with E-state index in [2.05, 4.69) is 5.32 Å². The molecule has 92 valence electrons. The number of aliphatic hydroxyl groups is 1. The van der Waals surface area contributed by atoms with Gasteiger partial charge in [-0.25, -0.2) is 8.42 Å². The molecule has 0 aliphatic rings. The fourth-order valence-corrected chi connectivity index (χ4v) is 3.58. The minimum Gasteiger partial charge on any atom is -0.391 e. The number of hydrogen-bond acceptors (Lipinski definition) is 5. The average molecular weight is 257 g/mol. The van der Waals surface area contributed by atoms with Gasteiger partial charge in [-0.2, -0.15) is 0 Å². The fourth-order valence-electron chi connectivity index (χ4n) is 0.912. The van der Waals surface area contributed by atoms with E-state index >= 15 is 0 Å². The lowest BCUT2D eigenvalue weighted by Gasteiger charge is -2.10. The first kappa shape index (κ1) is 15.0. The molecule has 0 saturated carbocycles. The van der Waals surface area contributed by atoms with Gasteiger partial charge in [0.1, 0.15) is 9.84 Å². The number of hydrogen-bond donors (Lipinski definition) is 2. The molecule has 0 rings (SSSR count). The normalized spacial score (nSPS) is 16.2. The molecule has 0 aliphatic heterocycles. The summed E-state index contributed by atoms with van der Waals surface area (Å²) in [6.45, 7) is 3.04. The molecule has 0 spiro atoms. The molecule has 0 bridgehead atoms. The van der Waals surface area contributed by atoms with Crippen molar-refractivity contribution in [1.29, 1.82) is 0 Å². The Kier molecular flexibility index (Phi) is 7.33. The first-order chi connectivity index (χ1) is 6.85. The highest BCUT2D eigenvalue weighted by molar-refractivity contribution is 7.92. The van der Waals surface area contributed by atoms with Crippen LogP contribution in [0.15, 0.2) is 0 Å². The predicted molar refractivity (Wildman–Crippen MR) is 62.1 cm³/mol. The molecule has 2 unspecified atom stereocenters. The molecule has 7 heteroatoms. The second-order valence-corrected chi connectivity index (χ2v) is 7.28. The maximum absolute atomic E-state index is 11.3. The summed E-state index contributed by atoms with van der Waals surface area (Å²) < 4.78 is 32.9. The standard InChI is InChI=1S/C8H19NO4S2/c1-3-9-6-8(10)7-14(11)4-5-15(2,12)13/h8-10H,3-7H2,1-2H3. The van der Waals surface area contributed by atoms with E-state index in [9.17, 15) is 17.7 Å². The minimum absolute atomic E-state index is 0.0897. The van der Waals surface area contributed by atoms with E-state index in [1.165, 1.54) is 0 Å². The topological polar surface area (TPSA) is 83.5 Å². The lowest BCUT2D eigenvalue weighted by atomic mass is 10.4. The Bertz CT molecular complexity index is 289. The smallest absolute Gasteiger partial charge is 0.148 e. The third-order valence-electron chi connectivity index (χ3n) is 1.69. The summed E-state index contributed by atoms with van der Waals surface area (Å²) >= 11 is 0. The van der Waals surface area contributed by atoms with Crippen LogP contribution in [0, 0.1) is 0 Å². The zero-order chi connectivity index (χ0) is 11.9. The lowest BCUT2D eigenvalue weighted by Crippen LogP contribution is -2.31. The number of aliphatic hydroxyl groups excluding tert-OH is 1. The van der Waals surface area contributed by atoms with Crippen molar-refractivity contribution in [2.24, 2.45) is 0 Å². The molecule has 2 N–H and O–H groups in total. The molecule has 0 fully saturated rings. The maximum Gasteiger partial charge on any atom is 0.148 e. The summed E-state index contributed by atoms with van der Waals surface area (Å²) in [4.78, 5) is 0. The van der Waals surface area contributed by atoms with E-state index in [1.54, 1.807) is 0 Å². The van der Waals surface area contributed by atoms with Gasteiger partial charge in [-0.1, -0.05) is 6.92 Å². The van der Waals surface area contributed by atoms with Crippen molar-refractivity contribution in [2.45, 2.75) is 13.0 Å². The number of likely N-dealkylation sites (N-methyl/N-ethyl adjacent to an activating group) is 1. The van der Waals surface area contributed by atoms with Gasteiger partial charge in [0.05, 0.1) is 17.6 Å². The molecule has 0 aromatic carbocycles. The first-order valence-electron chi connectivity index (χ1n) is 4.76. The SMILES string of the molecule is CCNCC(O)CS(=O)CCS(C)(=O)=O. The van der Waals surface area contributed by atoms with Crippen molar-refractivity contribution in [3.8, 4) is 0 Å². The summed E-state index contributed by atoms with van der Waals surface area (Å²) in [5.74, 6) is 0.137. The Morgan fingerprint density at radius 3 is 2.53 bits per heavy atom. The lowest BCUT2D eigenvalue weighted by molar-refractivity contribution is 0.196. The third kappa shape index (κ3) is 10.3. The van der Waals surface area contributed by atoms with Crippen LogP contribution in [0.4, 0.5) is 0 Å². The molecule has 0 aliphatic carbocycles. The van der Waals surface area contributed by atoms with Crippen LogP contribution < -0.4 is 5.32 Å². The van der Waals surface area contributed by atoms with Crippen LogP contribution >= 0.6 is 0 Å². The number of sulfone groups is 1. The van der Waals surface area contributed by atoms with Gasteiger partial charge in [0, 0.05) is 29.4 Å². The van der Waals surface area contributed by atoms with Crippen LogP contribution in [0.3, 0.4) is 0 Å². The summed E-state index contributed by atoms with van der Waals surface area (Å²) in [5, 5.41) is 12.3. The largest absolute Gasteiger partial charge is 0.391 e. The van der Waals surface area contributed by atoms with Crippen molar-refractivity contribution in [3.63, 3.8) is 0 Å². The van der Waals surface area contributed by atoms with Crippen LogP contribution in [-0.4, -0.2) is 60.4 Å². The highest BCUT2D eigenvalue weighted by Gasteiger charge is 2.11. The molecule has 0 saturated heterocycles. The van der Waals surface area contributed by atoms with Crippen molar-refractivity contribution < 1.29 is 17.7 Å². The zero-order valence-corrected chi connectivity index (χ0v) is 10.7. The average Bonchev–Trinajstić information content (AvgIpc) is 2.10. The van der Waals surface area contributed by atoms with Crippen LogP contribution in [-0.2, 0) is 20.6 Å². The second-order valence-electron chi connectivity index (χ2n) is 3.40. The van der Waals surface area contributed by atoms with Crippen molar-refractivity contribution in [2.75, 3.05) is 36.6 Å². The highest BCUT2D eigenvalue weighted by atomic mass is 32.2. The zero-order valence-electron chi connectivity index (χ0n) is 9.10. The maximum atomic E-state index is 11.3. The summed E-state index contributed by atoms with van der Waals surface area (Å²) in [5.41, 5.74) is 0. The van der Waals surface area contributed by atoms with Gasteiger partial charge in [-0.3, -0.25) is 4.21 Å².